The van der Waals surface area contributed by atoms with E-state index in [-0.39, 0.29) is 15.3 Å². The van der Waals surface area contributed by atoms with Crippen LogP contribution in [-0.2, 0) is 4.79 Å². The Balaban J connectivity index is 1.41. The molecule has 4 heteroatoms. The summed E-state index contributed by atoms with van der Waals surface area (Å²) in [5, 5.41) is 3.39. The normalized spacial score (nSPS) is 42.3. The average Bonchev–Trinajstić information content (AvgIpc) is 2.51. The zero-order valence-corrected chi connectivity index (χ0v) is 17.0. The standard InChI is InChI=1S/C20H33BrN2O/c1-18(2,23-6-4-3-5-7-23)14-22-17(24)19-9-15-8-16(10-19)12-20(21,11-15)13-19/h15-16H,3-14H2,1-2H3,(H,22,24). The summed E-state index contributed by atoms with van der Waals surface area (Å²) in [6, 6.07) is 0. The van der Waals surface area contributed by atoms with Gasteiger partial charge in [-0.2, -0.15) is 0 Å². The highest BCUT2D eigenvalue weighted by Crippen LogP contribution is 2.64. The van der Waals surface area contributed by atoms with Gasteiger partial charge in [-0.15, -0.1) is 0 Å². The highest BCUT2D eigenvalue weighted by Gasteiger charge is 2.59. The second-order valence-corrected chi connectivity index (χ2v) is 11.6. The van der Waals surface area contributed by atoms with E-state index >= 15 is 0 Å². The fourth-order valence-corrected chi connectivity index (χ4v) is 7.96. The highest BCUT2D eigenvalue weighted by molar-refractivity contribution is 9.10. The van der Waals surface area contributed by atoms with Crippen LogP contribution in [0, 0.1) is 17.3 Å². The van der Waals surface area contributed by atoms with Crippen LogP contribution in [0.3, 0.4) is 0 Å². The van der Waals surface area contributed by atoms with Gasteiger partial charge >= 0.3 is 0 Å². The number of hydrogen-bond donors (Lipinski definition) is 1. The molecule has 136 valence electrons. The lowest BCUT2D eigenvalue weighted by Crippen LogP contribution is -2.60. The van der Waals surface area contributed by atoms with Crippen LogP contribution in [0.1, 0.15) is 71.6 Å². The Kier molecular flexibility index (Phi) is 4.31. The number of rotatable bonds is 4. The molecule has 1 heterocycles. The van der Waals surface area contributed by atoms with E-state index in [0.29, 0.717) is 5.91 Å². The molecule has 1 N–H and O–H groups in total. The fraction of sp³-hybridized carbons (Fsp3) is 0.950. The number of alkyl halides is 1. The van der Waals surface area contributed by atoms with Gasteiger partial charge in [0.2, 0.25) is 5.91 Å². The van der Waals surface area contributed by atoms with Gasteiger partial charge in [-0.05, 0) is 90.1 Å². The first-order chi connectivity index (χ1) is 11.3. The molecule has 0 spiro atoms. The average molecular weight is 397 g/mol. The monoisotopic (exact) mass is 396 g/mol. The van der Waals surface area contributed by atoms with Crippen LogP contribution in [-0.4, -0.2) is 40.3 Å². The maximum atomic E-state index is 13.2. The van der Waals surface area contributed by atoms with Crippen LogP contribution in [0.15, 0.2) is 0 Å². The van der Waals surface area contributed by atoms with E-state index in [9.17, 15) is 4.79 Å². The maximum Gasteiger partial charge on any atom is 0.226 e. The predicted octanol–water partition coefficient (Wildman–Crippen LogP) is 4.10. The molecule has 1 amide bonds. The number of nitrogens with zero attached hydrogens (tertiary/aromatic N) is 1. The van der Waals surface area contributed by atoms with Crippen LogP contribution in [0.5, 0.6) is 0 Å². The third-order valence-corrected chi connectivity index (χ3v) is 8.29. The van der Waals surface area contributed by atoms with Gasteiger partial charge in [0.15, 0.2) is 0 Å². The third kappa shape index (κ3) is 3.06. The molecule has 1 saturated heterocycles. The van der Waals surface area contributed by atoms with Gasteiger partial charge in [0, 0.05) is 16.4 Å². The zero-order valence-electron chi connectivity index (χ0n) is 15.4. The molecule has 4 aliphatic carbocycles. The van der Waals surface area contributed by atoms with Gasteiger partial charge in [-0.3, -0.25) is 9.69 Å². The van der Waals surface area contributed by atoms with E-state index in [0.717, 1.165) is 37.6 Å². The van der Waals surface area contributed by atoms with Crippen molar-refractivity contribution in [3.63, 3.8) is 0 Å². The lowest BCUT2D eigenvalue weighted by molar-refractivity contribution is -0.144. The molecule has 4 saturated carbocycles. The molecule has 0 aromatic carbocycles. The summed E-state index contributed by atoms with van der Waals surface area (Å²) in [5.74, 6) is 1.89. The number of piperidine rings is 1. The molecular weight excluding hydrogens is 364 g/mol. The second-order valence-electron chi connectivity index (χ2n) is 9.94. The van der Waals surface area contributed by atoms with Crippen molar-refractivity contribution in [2.75, 3.05) is 19.6 Å². The summed E-state index contributed by atoms with van der Waals surface area (Å²) < 4.78 is 0.261. The van der Waals surface area contributed by atoms with Crippen LogP contribution in [0.25, 0.3) is 0 Å². The summed E-state index contributed by atoms with van der Waals surface area (Å²) in [7, 11) is 0. The van der Waals surface area contributed by atoms with Crippen LogP contribution in [0.4, 0.5) is 0 Å². The van der Waals surface area contributed by atoms with Gasteiger partial charge in [0.1, 0.15) is 0 Å². The first-order valence-corrected chi connectivity index (χ1v) is 10.8. The quantitative estimate of drug-likeness (QED) is 0.725. The minimum absolute atomic E-state index is 0.0739. The number of amides is 1. The SMILES string of the molecule is CC(C)(CNC(=O)C12CC3CC(CC(Br)(C3)C1)C2)N1CCCCC1. The molecule has 2 atom stereocenters. The molecule has 5 fully saturated rings. The van der Waals surface area contributed by atoms with E-state index in [1.165, 1.54) is 51.6 Å². The number of hydrogen-bond acceptors (Lipinski definition) is 2. The van der Waals surface area contributed by atoms with E-state index in [1.807, 2.05) is 0 Å². The Morgan fingerprint density at radius 3 is 2.33 bits per heavy atom. The van der Waals surface area contributed by atoms with Crippen molar-refractivity contribution in [2.24, 2.45) is 17.3 Å². The van der Waals surface area contributed by atoms with Crippen LogP contribution in [0.2, 0.25) is 0 Å². The number of carbonyl (C=O) groups excluding carboxylic acids is 1. The largest absolute Gasteiger partial charge is 0.354 e. The molecule has 4 bridgehead atoms. The minimum atomic E-state index is -0.0778. The smallest absolute Gasteiger partial charge is 0.226 e. The number of halogens is 1. The molecule has 5 rings (SSSR count). The van der Waals surface area contributed by atoms with Crippen molar-refractivity contribution in [3.05, 3.63) is 0 Å². The van der Waals surface area contributed by atoms with Gasteiger partial charge in [-0.25, -0.2) is 0 Å². The van der Waals surface area contributed by atoms with Crippen molar-refractivity contribution >= 4 is 21.8 Å². The second kappa shape index (κ2) is 5.97. The summed E-state index contributed by atoms with van der Waals surface area (Å²) in [6.07, 6.45) is 11.2. The van der Waals surface area contributed by atoms with Crippen LogP contribution >= 0.6 is 15.9 Å². The number of likely N-dealkylation sites (tertiary alicyclic amines) is 1. The summed E-state index contributed by atoms with van der Waals surface area (Å²) >= 11 is 4.03. The third-order valence-electron chi connectivity index (χ3n) is 7.37. The van der Waals surface area contributed by atoms with E-state index < -0.39 is 0 Å². The Morgan fingerprint density at radius 1 is 1.12 bits per heavy atom. The van der Waals surface area contributed by atoms with Gasteiger partial charge in [-0.1, -0.05) is 22.4 Å². The fourth-order valence-electron chi connectivity index (χ4n) is 6.51. The van der Waals surface area contributed by atoms with E-state index in [1.54, 1.807) is 0 Å². The first-order valence-electron chi connectivity index (χ1n) is 10.0. The maximum absolute atomic E-state index is 13.2. The topological polar surface area (TPSA) is 32.3 Å². The molecule has 0 aromatic rings. The molecule has 0 radical (unpaired) electrons. The lowest BCUT2D eigenvalue weighted by atomic mass is 9.49. The zero-order chi connectivity index (χ0) is 17.0. The Hall–Kier alpha value is -0.0900. The van der Waals surface area contributed by atoms with E-state index in [2.05, 4.69) is 40.0 Å². The molecule has 3 nitrogen and oxygen atoms in total. The lowest BCUT2D eigenvalue weighted by Gasteiger charge is -2.59. The number of carbonyl (C=O) groups is 1. The van der Waals surface area contributed by atoms with E-state index in [4.69, 9.17) is 0 Å². The molecule has 0 aromatic heterocycles. The Morgan fingerprint density at radius 2 is 1.75 bits per heavy atom. The molecule has 24 heavy (non-hydrogen) atoms. The van der Waals surface area contributed by atoms with Crippen LogP contribution < -0.4 is 5.32 Å². The summed E-state index contributed by atoms with van der Waals surface area (Å²) in [6.45, 7) is 7.75. The Labute approximate surface area is 155 Å². The van der Waals surface area contributed by atoms with Crippen molar-refractivity contribution in [1.29, 1.82) is 0 Å². The summed E-state index contributed by atoms with van der Waals surface area (Å²) in [4.78, 5) is 15.8. The molecule has 5 aliphatic rings. The van der Waals surface area contributed by atoms with Crippen molar-refractivity contribution in [1.82, 2.24) is 10.2 Å². The predicted molar refractivity (Wildman–Crippen MR) is 101 cm³/mol. The summed E-state index contributed by atoms with van der Waals surface area (Å²) in [5.41, 5.74) is -0.00394. The molecular formula is C20H33BrN2O. The minimum Gasteiger partial charge on any atom is -0.354 e. The van der Waals surface area contributed by atoms with Gasteiger partial charge < -0.3 is 5.32 Å². The van der Waals surface area contributed by atoms with Gasteiger partial charge in [0.25, 0.3) is 0 Å². The highest BCUT2D eigenvalue weighted by atomic mass is 79.9. The van der Waals surface area contributed by atoms with Crippen molar-refractivity contribution in [2.45, 2.75) is 81.5 Å². The molecule has 2 unspecified atom stereocenters. The first kappa shape index (κ1) is 17.3. The molecule has 1 aliphatic heterocycles. The van der Waals surface area contributed by atoms with Crippen molar-refractivity contribution in [3.8, 4) is 0 Å². The number of nitrogens with one attached hydrogen (secondary N) is 1. The van der Waals surface area contributed by atoms with Gasteiger partial charge in [0.05, 0.1) is 5.41 Å². The Bertz CT molecular complexity index is 498. The van der Waals surface area contributed by atoms with Crippen molar-refractivity contribution < 1.29 is 4.79 Å².